The maximum Gasteiger partial charge on any atom is 0.337 e. The maximum atomic E-state index is 11.3. The van der Waals surface area contributed by atoms with Crippen molar-refractivity contribution in [1.82, 2.24) is 0 Å². The molecule has 0 amide bonds. The predicted octanol–water partition coefficient (Wildman–Crippen LogP) is 3.37. The molecule has 16 heavy (non-hydrogen) atoms. The Labute approximate surface area is 98.8 Å². The molecule has 2 aromatic rings. The van der Waals surface area contributed by atoms with Crippen LogP contribution in [0.1, 0.15) is 15.9 Å². The van der Waals surface area contributed by atoms with Crippen LogP contribution in [0.3, 0.4) is 0 Å². The average molecular weight is 235 g/mol. The van der Waals surface area contributed by atoms with Gasteiger partial charge in [-0.15, -0.1) is 11.6 Å². The molecule has 2 aromatic carbocycles. The van der Waals surface area contributed by atoms with Crippen molar-refractivity contribution in [3.05, 3.63) is 47.5 Å². The number of esters is 1. The Morgan fingerprint density at radius 2 is 1.88 bits per heavy atom. The molecule has 0 saturated carbocycles. The number of fused-ring (bicyclic) bond motifs is 1. The van der Waals surface area contributed by atoms with Crippen LogP contribution in [0.4, 0.5) is 0 Å². The molecule has 0 bridgehead atoms. The molecule has 0 heterocycles. The number of alkyl halides is 1. The molecular formula is C13H11ClO2. The minimum atomic E-state index is -0.316. The Morgan fingerprint density at radius 1 is 1.19 bits per heavy atom. The maximum absolute atomic E-state index is 11.3. The van der Waals surface area contributed by atoms with Crippen LogP contribution < -0.4 is 0 Å². The second kappa shape index (κ2) is 4.54. The fourth-order valence-corrected chi connectivity index (χ4v) is 1.79. The summed E-state index contributed by atoms with van der Waals surface area (Å²) in [4.78, 5) is 11.3. The van der Waals surface area contributed by atoms with Crippen LogP contribution in [0.5, 0.6) is 0 Å². The summed E-state index contributed by atoms with van der Waals surface area (Å²) in [5, 5.41) is 2.09. The standard InChI is InChI=1S/C13H11ClO2/c1-16-13(15)12-5-4-10-6-9(8-14)2-3-11(10)7-12/h2-7H,8H2,1H3. The number of hydrogen-bond acceptors (Lipinski definition) is 2. The Morgan fingerprint density at radius 3 is 2.56 bits per heavy atom. The van der Waals surface area contributed by atoms with E-state index in [1.807, 2.05) is 30.3 Å². The Hall–Kier alpha value is -1.54. The van der Waals surface area contributed by atoms with E-state index in [2.05, 4.69) is 4.74 Å². The van der Waals surface area contributed by atoms with Gasteiger partial charge in [0, 0.05) is 5.88 Å². The third kappa shape index (κ3) is 2.02. The predicted molar refractivity (Wildman–Crippen MR) is 64.8 cm³/mol. The van der Waals surface area contributed by atoms with E-state index in [1.165, 1.54) is 7.11 Å². The topological polar surface area (TPSA) is 26.3 Å². The average Bonchev–Trinajstić information content (AvgIpc) is 2.36. The second-order valence-electron chi connectivity index (χ2n) is 3.52. The molecule has 0 aliphatic carbocycles. The van der Waals surface area contributed by atoms with E-state index in [1.54, 1.807) is 6.07 Å². The van der Waals surface area contributed by atoms with Crippen LogP contribution in [-0.2, 0) is 10.6 Å². The highest BCUT2D eigenvalue weighted by Crippen LogP contribution is 2.19. The van der Waals surface area contributed by atoms with Crippen molar-refractivity contribution in [2.75, 3.05) is 7.11 Å². The minimum Gasteiger partial charge on any atom is -0.465 e. The van der Waals surface area contributed by atoms with Gasteiger partial charge < -0.3 is 4.74 Å². The Kier molecular flexibility index (Phi) is 3.11. The highest BCUT2D eigenvalue weighted by Gasteiger charge is 2.05. The third-order valence-corrected chi connectivity index (χ3v) is 2.79. The van der Waals surface area contributed by atoms with Crippen LogP contribution in [0, 0.1) is 0 Å². The van der Waals surface area contributed by atoms with Crippen molar-refractivity contribution in [2.24, 2.45) is 0 Å². The van der Waals surface area contributed by atoms with Gasteiger partial charge in [-0.25, -0.2) is 4.79 Å². The molecule has 0 spiro atoms. The first kappa shape index (κ1) is 11.0. The van der Waals surface area contributed by atoms with Gasteiger partial charge in [0.05, 0.1) is 12.7 Å². The minimum absolute atomic E-state index is 0.316. The summed E-state index contributed by atoms with van der Waals surface area (Å²) in [5.74, 6) is 0.178. The number of hydrogen-bond donors (Lipinski definition) is 0. The van der Waals surface area contributed by atoms with Gasteiger partial charge in [-0.05, 0) is 34.5 Å². The normalized spacial score (nSPS) is 10.4. The molecule has 82 valence electrons. The van der Waals surface area contributed by atoms with Crippen molar-refractivity contribution in [2.45, 2.75) is 5.88 Å². The number of carbonyl (C=O) groups is 1. The lowest BCUT2D eigenvalue weighted by molar-refractivity contribution is 0.0601. The van der Waals surface area contributed by atoms with Crippen LogP contribution in [0.25, 0.3) is 10.8 Å². The van der Waals surface area contributed by atoms with E-state index in [0.29, 0.717) is 11.4 Å². The molecule has 0 aromatic heterocycles. The fourth-order valence-electron chi connectivity index (χ4n) is 1.62. The SMILES string of the molecule is COC(=O)c1ccc2cc(CCl)ccc2c1. The molecule has 0 fully saturated rings. The summed E-state index contributed by atoms with van der Waals surface area (Å²) in [6.07, 6.45) is 0. The van der Waals surface area contributed by atoms with E-state index in [0.717, 1.165) is 16.3 Å². The first-order valence-corrected chi connectivity index (χ1v) is 5.45. The van der Waals surface area contributed by atoms with Gasteiger partial charge in [0.2, 0.25) is 0 Å². The van der Waals surface area contributed by atoms with Crippen molar-refractivity contribution in [3.63, 3.8) is 0 Å². The van der Waals surface area contributed by atoms with Gasteiger partial charge in [0.1, 0.15) is 0 Å². The summed E-state index contributed by atoms with van der Waals surface area (Å²) < 4.78 is 4.67. The lowest BCUT2D eigenvalue weighted by Crippen LogP contribution is -2.00. The van der Waals surface area contributed by atoms with Crippen LogP contribution in [0.15, 0.2) is 36.4 Å². The summed E-state index contributed by atoms with van der Waals surface area (Å²) >= 11 is 5.76. The first-order chi connectivity index (χ1) is 7.74. The number of methoxy groups -OCH3 is 1. The highest BCUT2D eigenvalue weighted by molar-refractivity contribution is 6.17. The quantitative estimate of drug-likeness (QED) is 0.588. The Balaban J connectivity index is 2.51. The van der Waals surface area contributed by atoms with Gasteiger partial charge in [-0.3, -0.25) is 0 Å². The van der Waals surface area contributed by atoms with Crippen molar-refractivity contribution < 1.29 is 9.53 Å². The summed E-state index contributed by atoms with van der Waals surface area (Å²) in [6, 6.07) is 11.4. The van der Waals surface area contributed by atoms with E-state index in [-0.39, 0.29) is 5.97 Å². The molecule has 0 atom stereocenters. The number of halogens is 1. The van der Waals surface area contributed by atoms with Crippen LogP contribution >= 0.6 is 11.6 Å². The highest BCUT2D eigenvalue weighted by atomic mass is 35.5. The molecule has 2 nitrogen and oxygen atoms in total. The van der Waals surface area contributed by atoms with Gasteiger partial charge in [0.25, 0.3) is 0 Å². The number of rotatable bonds is 2. The van der Waals surface area contributed by atoms with Gasteiger partial charge in [-0.2, -0.15) is 0 Å². The molecule has 0 N–H and O–H groups in total. The van der Waals surface area contributed by atoms with E-state index in [4.69, 9.17) is 11.6 Å². The zero-order chi connectivity index (χ0) is 11.5. The monoisotopic (exact) mass is 234 g/mol. The summed E-state index contributed by atoms with van der Waals surface area (Å²) in [7, 11) is 1.38. The van der Waals surface area contributed by atoms with Crippen LogP contribution in [-0.4, -0.2) is 13.1 Å². The molecule has 3 heteroatoms. The molecule has 0 saturated heterocycles. The Bertz CT molecular complexity index is 534. The van der Waals surface area contributed by atoms with Gasteiger partial charge in [0.15, 0.2) is 0 Å². The molecule has 0 unspecified atom stereocenters. The smallest absolute Gasteiger partial charge is 0.337 e. The zero-order valence-electron chi connectivity index (χ0n) is 8.87. The summed E-state index contributed by atoms with van der Waals surface area (Å²) in [6.45, 7) is 0. The number of carbonyl (C=O) groups excluding carboxylic acids is 1. The van der Waals surface area contributed by atoms with Crippen molar-refractivity contribution >= 4 is 28.3 Å². The van der Waals surface area contributed by atoms with E-state index < -0.39 is 0 Å². The molecule has 0 radical (unpaired) electrons. The fraction of sp³-hybridized carbons (Fsp3) is 0.154. The van der Waals surface area contributed by atoms with Gasteiger partial charge >= 0.3 is 5.97 Å². The van der Waals surface area contributed by atoms with Crippen molar-refractivity contribution in [3.8, 4) is 0 Å². The van der Waals surface area contributed by atoms with Crippen LogP contribution in [0.2, 0.25) is 0 Å². The zero-order valence-corrected chi connectivity index (χ0v) is 9.62. The van der Waals surface area contributed by atoms with Gasteiger partial charge in [-0.1, -0.05) is 18.2 Å². The lowest BCUT2D eigenvalue weighted by Gasteiger charge is -2.03. The first-order valence-electron chi connectivity index (χ1n) is 4.91. The second-order valence-corrected chi connectivity index (χ2v) is 3.79. The largest absolute Gasteiger partial charge is 0.465 e. The number of benzene rings is 2. The molecule has 0 aliphatic rings. The molecule has 2 rings (SSSR count). The number of ether oxygens (including phenoxy) is 1. The third-order valence-electron chi connectivity index (χ3n) is 2.48. The molecule has 0 aliphatic heterocycles. The van der Waals surface area contributed by atoms with E-state index >= 15 is 0 Å². The van der Waals surface area contributed by atoms with E-state index in [9.17, 15) is 4.79 Å². The summed E-state index contributed by atoms with van der Waals surface area (Å²) in [5.41, 5.74) is 1.63. The lowest BCUT2D eigenvalue weighted by atomic mass is 10.0. The van der Waals surface area contributed by atoms with Crippen molar-refractivity contribution in [1.29, 1.82) is 0 Å². The molecular weight excluding hydrogens is 224 g/mol.